The van der Waals surface area contributed by atoms with Gasteiger partial charge in [0.05, 0.1) is 0 Å². The Labute approximate surface area is 152 Å². The Hall–Kier alpha value is -3.58. The number of nitrogens with zero attached hydrogens (tertiary/aromatic N) is 1. The molecule has 0 unspecified atom stereocenters. The first-order valence-corrected chi connectivity index (χ1v) is 8.31. The Morgan fingerprint density at radius 2 is 1.77 bits per heavy atom. The topological polar surface area (TPSA) is 64.9 Å². The second-order valence-electron chi connectivity index (χ2n) is 6.11. The zero-order valence-corrected chi connectivity index (χ0v) is 14.7. The molecule has 1 amide bonds. The molecule has 2 N–H and O–H groups in total. The van der Waals surface area contributed by atoms with Crippen LogP contribution in [0.2, 0.25) is 0 Å². The highest BCUT2D eigenvalue weighted by molar-refractivity contribution is 6.07. The first kappa shape index (κ1) is 17.2. The molecule has 4 heteroatoms. The van der Waals surface area contributed by atoms with Crippen LogP contribution >= 0.6 is 0 Å². The fraction of sp³-hybridized carbons (Fsp3) is 0.0909. The summed E-state index contributed by atoms with van der Waals surface area (Å²) in [6.07, 6.45) is 1.45. The Bertz CT molecular complexity index is 1040. The second-order valence-corrected chi connectivity index (χ2v) is 6.11. The fourth-order valence-corrected chi connectivity index (χ4v) is 2.79. The van der Waals surface area contributed by atoms with E-state index < -0.39 is 5.91 Å². The number of hydrogen-bond donors (Lipinski definition) is 2. The maximum atomic E-state index is 12.4. The van der Waals surface area contributed by atoms with Gasteiger partial charge in [0.15, 0.2) is 0 Å². The molecular formula is C22H19N3O. The Kier molecular flexibility index (Phi) is 5.00. The lowest BCUT2D eigenvalue weighted by Crippen LogP contribution is -2.15. The standard InChI is InChI=1S/C22H19N3O/c1-15-10-11-20(16(2)12-15)25-22(26)18(13-23)14-24-21-9-5-7-17-6-3-4-8-19(17)21/h3-12,14,24H,1-2H3,(H,25,26)/b18-14-. The predicted octanol–water partition coefficient (Wildman–Crippen LogP) is 4.91. The zero-order chi connectivity index (χ0) is 18.5. The predicted molar refractivity (Wildman–Crippen MR) is 106 cm³/mol. The number of carbonyl (C=O) groups is 1. The van der Waals surface area contributed by atoms with Gasteiger partial charge in [0.2, 0.25) is 0 Å². The summed E-state index contributed by atoms with van der Waals surface area (Å²) in [7, 11) is 0. The van der Waals surface area contributed by atoms with Gasteiger partial charge in [0.1, 0.15) is 11.6 Å². The van der Waals surface area contributed by atoms with Crippen LogP contribution in [0.3, 0.4) is 0 Å². The van der Waals surface area contributed by atoms with Gasteiger partial charge in [-0.15, -0.1) is 0 Å². The van der Waals surface area contributed by atoms with Crippen molar-refractivity contribution in [1.82, 2.24) is 0 Å². The molecule has 0 bridgehead atoms. The molecule has 0 saturated heterocycles. The third kappa shape index (κ3) is 3.73. The van der Waals surface area contributed by atoms with Crippen molar-refractivity contribution in [2.24, 2.45) is 0 Å². The van der Waals surface area contributed by atoms with Gasteiger partial charge in [-0.05, 0) is 36.9 Å². The third-order valence-corrected chi connectivity index (χ3v) is 4.16. The van der Waals surface area contributed by atoms with Crippen LogP contribution in [-0.4, -0.2) is 5.91 Å². The van der Waals surface area contributed by atoms with E-state index in [4.69, 9.17) is 0 Å². The molecule has 0 heterocycles. The maximum absolute atomic E-state index is 12.4. The molecule has 0 fully saturated rings. The molecule has 26 heavy (non-hydrogen) atoms. The molecule has 0 radical (unpaired) electrons. The van der Waals surface area contributed by atoms with Gasteiger partial charge in [-0.1, -0.05) is 54.1 Å². The fourth-order valence-electron chi connectivity index (χ4n) is 2.79. The number of nitrogens with one attached hydrogen (secondary N) is 2. The molecule has 0 spiro atoms. The molecule has 0 saturated carbocycles. The summed E-state index contributed by atoms with van der Waals surface area (Å²) in [5.74, 6) is -0.438. The number of hydrogen-bond acceptors (Lipinski definition) is 3. The van der Waals surface area contributed by atoms with Crippen molar-refractivity contribution in [1.29, 1.82) is 5.26 Å². The van der Waals surface area contributed by atoms with Crippen LogP contribution in [-0.2, 0) is 4.79 Å². The highest BCUT2D eigenvalue weighted by Crippen LogP contribution is 2.23. The van der Waals surface area contributed by atoms with Crippen LogP contribution in [0.25, 0.3) is 10.8 Å². The molecule has 0 aliphatic carbocycles. The third-order valence-electron chi connectivity index (χ3n) is 4.16. The van der Waals surface area contributed by atoms with Crippen molar-refractivity contribution in [2.45, 2.75) is 13.8 Å². The average Bonchev–Trinajstić information content (AvgIpc) is 2.64. The van der Waals surface area contributed by atoms with E-state index in [1.165, 1.54) is 6.20 Å². The Balaban J connectivity index is 1.81. The van der Waals surface area contributed by atoms with Gasteiger partial charge in [0, 0.05) is 23.0 Å². The van der Waals surface area contributed by atoms with Gasteiger partial charge in [-0.25, -0.2) is 0 Å². The van der Waals surface area contributed by atoms with Crippen LogP contribution in [0.4, 0.5) is 11.4 Å². The van der Waals surface area contributed by atoms with Crippen LogP contribution in [0.5, 0.6) is 0 Å². The minimum Gasteiger partial charge on any atom is -0.360 e. The van der Waals surface area contributed by atoms with Crippen LogP contribution < -0.4 is 10.6 Å². The lowest BCUT2D eigenvalue weighted by Gasteiger charge is -2.09. The number of anilines is 2. The summed E-state index contributed by atoms with van der Waals surface area (Å²) < 4.78 is 0. The molecule has 0 atom stereocenters. The van der Waals surface area contributed by atoms with Gasteiger partial charge >= 0.3 is 0 Å². The van der Waals surface area contributed by atoms with E-state index in [-0.39, 0.29) is 5.57 Å². The van der Waals surface area contributed by atoms with Crippen molar-refractivity contribution in [3.63, 3.8) is 0 Å². The number of carbonyl (C=O) groups excluding carboxylic acids is 1. The van der Waals surface area contributed by atoms with Gasteiger partial charge < -0.3 is 10.6 Å². The maximum Gasteiger partial charge on any atom is 0.267 e. The molecule has 3 aromatic rings. The second kappa shape index (κ2) is 7.54. The minimum atomic E-state index is -0.438. The SMILES string of the molecule is Cc1ccc(NC(=O)/C(C#N)=C\Nc2cccc3ccccc23)c(C)c1. The Morgan fingerprint density at radius 3 is 2.54 bits per heavy atom. The summed E-state index contributed by atoms with van der Waals surface area (Å²) >= 11 is 0. The number of aryl methyl sites for hydroxylation is 2. The number of benzene rings is 3. The van der Waals surface area contributed by atoms with E-state index in [0.29, 0.717) is 5.69 Å². The van der Waals surface area contributed by atoms with E-state index in [1.54, 1.807) is 0 Å². The van der Waals surface area contributed by atoms with Crippen molar-refractivity contribution in [2.75, 3.05) is 10.6 Å². The molecular weight excluding hydrogens is 322 g/mol. The first-order valence-electron chi connectivity index (χ1n) is 8.31. The quantitative estimate of drug-likeness (QED) is 0.523. The molecule has 128 valence electrons. The minimum absolute atomic E-state index is 0.0120. The first-order chi connectivity index (χ1) is 12.6. The van der Waals surface area contributed by atoms with Crippen LogP contribution in [0, 0.1) is 25.2 Å². The number of amides is 1. The van der Waals surface area contributed by atoms with E-state index >= 15 is 0 Å². The van der Waals surface area contributed by atoms with Crippen molar-refractivity contribution >= 4 is 28.1 Å². The molecule has 3 aromatic carbocycles. The monoisotopic (exact) mass is 341 g/mol. The van der Waals surface area contributed by atoms with Crippen LogP contribution in [0.15, 0.2) is 72.4 Å². The number of nitriles is 1. The summed E-state index contributed by atoms with van der Waals surface area (Å²) in [5.41, 5.74) is 3.63. The van der Waals surface area contributed by atoms with Crippen molar-refractivity contribution in [3.05, 3.63) is 83.6 Å². The molecule has 0 aliphatic rings. The van der Waals surface area contributed by atoms with Gasteiger partial charge in [-0.2, -0.15) is 5.26 Å². The number of fused-ring (bicyclic) bond motifs is 1. The van der Waals surface area contributed by atoms with Gasteiger partial charge in [-0.3, -0.25) is 4.79 Å². The summed E-state index contributed by atoms with van der Waals surface area (Å²) in [6, 6.07) is 21.5. The van der Waals surface area contributed by atoms with E-state index in [9.17, 15) is 10.1 Å². The average molecular weight is 341 g/mol. The van der Waals surface area contributed by atoms with E-state index in [2.05, 4.69) is 10.6 Å². The molecule has 0 aliphatic heterocycles. The highest BCUT2D eigenvalue weighted by atomic mass is 16.1. The Morgan fingerprint density at radius 1 is 1.00 bits per heavy atom. The summed E-state index contributed by atoms with van der Waals surface area (Å²) in [6.45, 7) is 3.92. The largest absolute Gasteiger partial charge is 0.360 e. The number of rotatable bonds is 4. The zero-order valence-electron chi connectivity index (χ0n) is 14.7. The smallest absolute Gasteiger partial charge is 0.267 e. The lowest BCUT2D eigenvalue weighted by atomic mass is 10.1. The van der Waals surface area contributed by atoms with Gasteiger partial charge in [0.25, 0.3) is 5.91 Å². The van der Waals surface area contributed by atoms with E-state index in [1.807, 2.05) is 80.6 Å². The molecule has 0 aromatic heterocycles. The lowest BCUT2D eigenvalue weighted by molar-refractivity contribution is -0.112. The highest BCUT2D eigenvalue weighted by Gasteiger charge is 2.11. The van der Waals surface area contributed by atoms with Crippen molar-refractivity contribution in [3.8, 4) is 6.07 Å². The molecule has 4 nitrogen and oxygen atoms in total. The van der Waals surface area contributed by atoms with Crippen molar-refractivity contribution < 1.29 is 4.79 Å². The van der Waals surface area contributed by atoms with E-state index in [0.717, 1.165) is 27.6 Å². The summed E-state index contributed by atoms with van der Waals surface area (Å²) in [4.78, 5) is 12.4. The normalized spacial score (nSPS) is 11.0. The molecule has 3 rings (SSSR count). The summed E-state index contributed by atoms with van der Waals surface area (Å²) in [5, 5.41) is 17.3. The van der Waals surface area contributed by atoms with Crippen LogP contribution in [0.1, 0.15) is 11.1 Å².